The molecule has 6 nitrogen and oxygen atoms in total. The number of amides is 1. The summed E-state index contributed by atoms with van der Waals surface area (Å²) in [7, 11) is 0. The highest BCUT2D eigenvalue weighted by molar-refractivity contribution is 5.78. The number of rotatable bonds is 6. The Morgan fingerprint density at radius 3 is 2.33 bits per heavy atom. The molecular formula is C24H35N5O. The van der Waals surface area contributed by atoms with Crippen molar-refractivity contribution < 1.29 is 4.79 Å². The van der Waals surface area contributed by atoms with Crippen LogP contribution in [-0.4, -0.2) is 53.5 Å². The molecule has 1 N–H and O–H groups in total. The Morgan fingerprint density at radius 1 is 1.00 bits per heavy atom. The lowest BCUT2D eigenvalue weighted by Gasteiger charge is -2.35. The second kappa shape index (κ2) is 9.56. The molecule has 0 unspecified atom stereocenters. The van der Waals surface area contributed by atoms with Crippen LogP contribution in [0.25, 0.3) is 0 Å². The molecule has 2 heterocycles. The molecule has 0 aliphatic carbocycles. The van der Waals surface area contributed by atoms with Gasteiger partial charge in [0, 0.05) is 43.9 Å². The van der Waals surface area contributed by atoms with E-state index >= 15 is 0 Å². The van der Waals surface area contributed by atoms with Crippen molar-refractivity contribution in [3.05, 3.63) is 52.5 Å². The summed E-state index contributed by atoms with van der Waals surface area (Å²) in [5.41, 5.74) is 4.68. The third-order valence-corrected chi connectivity index (χ3v) is 5.85. The number of aryl methyl sites for hydroxylation is 3. The fourth-order valence-electron chi connectivity index (χ4n) is 3.74. The number of hydrogen-bond donors (Lipinski definition) is 1. The Hall–Kier alpha value is -2.47. The van der Waals surface area contributed by atoms with Gasteiger partial charge in [0.25, 0.3) is 0 Å². The molecule has 1 fully saturated rings. The van der Waals surface area contributed by atoms with E-state index in [0.29, 0.717) is 12.5 Å². The first kappa shape index (κ1) is 22.2. The zero-order valence-corrected chi connectivity index (χ0v) is 19.2. The monoisotopic (exact) mass is 409 g/mol. The van der Waals surface area contributed by atoms with Crippen LogP contribution < -0.4 is 10.2 Å². The number of piperazine rings is 1. The number of aromatic nitrogens is 2. The van der Waals surface area contributed by atoms with Crippen molar-refractivity contribution in [2.75, 3.05) is 37.6 Å². The second-order valence-corrected chi connectivity index (χ2v) is 8.78. The van der Waals surface area contributed by atoms with Gasteiger partial charge in [-0.25, -0.2) is 9.97 Å². The zero-order valence-electron chi connectivity index (χ0n) is 19.2. The third kappa shape index (κ3) is 5.57. The summed E-state index contributed by atoms with van der Waals surface area (Å²) in [6.45, 7) is 16.4. The third-order valence-electron chi connectivity index (χ3n) is 5.85. The van der Waals surface area contributed by atoms with E-state index in [2.05, 4.69) is 72.1 Å². The molecule has 30 heavy (non-hydrogen) atoms. The maximum atomic E-state index is 12.6. The Labute approximate surface area is 180 Å². The van der Waals surface area contributed by atoms with Gasteiger partial charge < -0.3 is 10.2 Å². The minimum absolute atomic E-state index is 0.0107. The summed E-state index contributed by atoms with van der Waals surface area (Å²) in [5.74, 6) is 2.29. The van der Waals surface area contributed by atoms with Crippen LogP contribution in [0.15, 0.2) is 24.3 Å². The summed E-state index contributed by atoms with van der Waals surface area (Å²) in [4.78, 5) is 26.4. The van der Waals surface area contributed by atoms with Gasteiger partial charge in [-0.3, -0.25) is 9.69 Å². The van der Waals surface area contributed by atoms with Gasteiger partial charge in [-0.15, -0.1) is 0 Å². The highest BCUT2D eigenvalue weighted by atomic mass is 16.2. The van der Waals surface area contributed by atoms with Crippen molar-refractivity contribution in [3.63, 3.8) is 0 Å². The Morgan fingerprint density at radius 2 is 1.70 bits per heavy atom. The molecular weight excluding hydrogens is 374 g/mol. The van der Waals surface area contributed by atoms with E-state index in [1.807, 2.05) is 13.8 Å². The van der Waals surface area contributed by atoms with Crippen LogP contribution >= 0.6 is 0 Å². The van der Waals surface area contributed by atoms with Gasteiger partial charge >= 0.3 is 0 Å². The second-order valence-electron chi connectivity index (χ2n) is 8.78. The summed E-state index contributed by atoms with van der Waals surface area (Å²) in [6.07, 6.45) is 0. The van der Waals surface area contributed by atoms with E-state index in [0.717, 1.165) is 49.1 Å². The first-order valence-corrected chi connectivity index (χ1v) is 10.9. The largest absolute Gasteiger partial charge is 0.354 e. The van der Waals surface area contributed by atoms with Crippen LogP contribution in [-0.2, 0) is 4.79 Å². The Bertz CT molecular complexity index is 887. The SMILES string of the molecule is Cc1cc(N2CCN(CC(=O)N[C@@H](C)c3ccc(C)c(C)c3)CC2)nc(C(C)C)n1. The topological polar surface area (TPSA) is 61.4 Å². The number of carbonyl (C=O) groups is 1. The van der Waals surface area contributed by atoms with E-state index in [4.69, 9.17) is 4.98 Å². The lowest BCUT2D eigenvalue weighted by atomic mass is 10.0. The van der Waals surface area contributed by atoms with Gasteiger partial charge in [0.1, 0.15) is 11.6 Å². The lowest BCUT2D eigenvalue weighted by Crippen LogP contribution is -2.50. The molecule has 3 rings (SSSR count). The van der Waals surface area contributed by atoms with Crippen molar-refractivity contribution in [2.24, 2.45) is 0 Å². The van der Waals surface area contributed by atoms with Crippen LogP contribution in [0.2, 0.25) is 0 Å². The summed E-state index contributed by atoms with van der Waals surface area (Å²) >= 11 is 0. The van der Waals surface area contributed by atoms with Crippen LogP contribution in [0.5, 0.6) is 0 Å². The van der Waals surface area contributed by atoms with Crippen molar-refractivity contribution in [3.8, 4) is 0 Å². The van der Waals surface area contributed by atoms with Crippen LogP contribution in [0.1, 0.15) is 60.9 Å². The quantitative estimate of drug-likeness (QED) is 0.791. The van der Waals surface area contributed by atoms with Gasteiger partial charge in [0.15, 0.2) is 0 Å². The average molecular weight is 410 g/mol. The summed E-state index contributed by atoms with van der Waals surface area (Å²) in [6, 6.07) is 8.44. The normalized spacial score (nSPS) is 16.0. The van der Waals surface area contributed by atoms with Gasteiger partial charge in [-0.1, -0.05) is 32.0 Å². The lowest BCUT2D eigenvalue weighted by molar-refractivity contribution is -0.123. The molecule has 0 saturated carbocycles. The van der Waals surface area contributed by atoms with Crippen molar-refractivity contribution in [1.29, 1.82) is 0 Å². The molecule has 1 aliphatic rings. The molecule has 162 valence electrons. The molecule has 1 aromatic heterocycles. The first-order valence-electron chi connectivity index (χ1n) is 10.9. The fourth-order valence-corrected chi connectivity index (χ4v) is 3.74. The van der Waals surface area contributed by atoms with Gasteiger partial charge in [0.05, 0.1) is 12.6 Å². The maximum Gasteiger partial charge on any atom is 0.234 e. The molecule has 1 saturated heterocycles. The number of carbonyl (C=O) groups excluding carboxylic acids is 1. The molecule has 1 amide bonds. The smallest absolute Gasteiger partial charge is 0.234 e. The highest BCUT2D eigenvalue weighted by Gasteiger charge is 2.21. The van der Waals surface area contributed by atoms with E-state index in [-0.39, 0.29) is 11.9 Å². The number of nitrogens with zero attached hydrogens (tertiary/aromatic N) is 4. The van der Waals surface area contributed by atoms with Crippen LogP contribution in [0.4, 0.5) is 5.82 Å². The van der Waals surface area contributed by atoms with Crippen molar-refractivity contribution >= 4 is 11.7 Å². The van der Waals surface area contributed by atoms with E-state index in [1.54, 1.807) is 0 Å². The predicted molar refractivity (Wildman–Crippen MR) is 122 cm³/mol. The highest BCUT2D eigenvalue weighted by Crippen LogP contribution is 2.19. The summed E-state index contributed by atoms with van der Waals surface area (Å²) < 4.78 is 0. The molecule has 2 aromatic rings. The minimum Gasteiger partial charge on any atom is -0.354 e. The average Bonchev–Trinajstić information content (AvgIpc) is 2.70. The Balaban J connectivity index is 1.52. The zero-order chi connectivity index (χ0) is 21.8. The number of anilines is 1. The van der Waals surface area contributed by atoms with E-state index in [9.17, 15) is 4.79 Å². The first-order chi connectivity index (χ1) is 14.2. The van der Waals surface area contributed by atoms with Gasteiger partial charge in [0.2, 0.25) is 5.91 Å². The van der Waals surface area contributed by atoms with E-state index < -0.39 is 0 Å². The van der Waals surface area contributed by atoms with E-state index in [1.165, 1.54) is 11.1 Å². The molecule has 0 spiro atoms. The summed E-state index contributed by atoms with van der Waals surface area (Å²) in [5, 5.41) is 3.15. The van der Waals surface area contributed by atoms with Crippen molar-refractivity contribution in [2.45, 2.75) is 53.5 Å². The minimum atomic E-state index is 0.0107. The van der Waals surface area contributed by atoms with Crippen molar-refractivity contribution in [1.82, 2.24) is 20.2 Å². The van der Waals surface area contributed by atoms with Crippen LogP contribution in [0.3, 0.4) is 0 Å². The number of hydrogen-bond acceptors (Lipinski definition) is 5. The molecule has 6 heteroatoms. The molecule has 0 bridgehead atoms. The Kier molecular flexibility index (Phi) is 7.08. The van der Waals surface area contributed by atoms with Crippen LogP contribution in [0, 0.1) is 20.8 Å². The predicted octanol–water partition coefficient (Wildman–Crippen LogP) is 3.52. The molecule has 1 aromatic carbocycles. The van der Waals surface area contributed by atoms with Gasteiger partial charge in [-0.05, 0) is 44.4 Å². The number of benzene rings is 1. The molecule has 1 atom stereocenters. The molecule has 0 radical (unpaired) electrons. The van der Waals surface area contributed by atoms with Gasteiger partial charge in [-0.2, -0.15) is 0 Å². The standard InChI is InChI=1S/C24H35N5O/c1-16(2)24-25-19(5)14-22(27-24)29-11-9-28(10-12-29)15-23(30)26-20(6)21-8-7-17(3)18(4)13-21/h7-8,13-14,16,20H,9-12,15H2,1-6H3,(H,26,30)/t20-/m0/s1. The number of nitrogens with one attached hydrogen (secondary N) is 1. The fraction of sp³-hybridized carbons (Fsp3) is 0.542. The molecule has 1 aliphatic heterocycles. The maximum absolute atomic E-state index is 12.6.